The second kappa shape index (κ2) is 6.23. The summed E-state index contributed by atoms with van der Waals surface area (Å²) < 4.78 is 29.5. The van der Waals surface area contributed by atoms with Crippen LogP contribution in [0.5, 0.6) is 0 Å². The fourth-order valence-electron chi connectivity index (χ4n) is 2.81. The normalized spacial score (nSPS) is 12.2. The summed E-state index contributed by atoms with van der Waals surface area (Å²) in [6.45, 7) is 7.72. The first-order chi connectivity index (χ1) is 11.3. The number of aryl methyl sites for hydroxylation is 4. The van der Waals surface area contributed by atoms with Gasteiger partial charge in [0.1, 0.15) is 5.01 Å². The molecule has 0 atom stereocenters. The minimum atomic E-state index is -3.54. The van der Waals surface area contributed by atoms with Crippen LogP contribution in [0.3, 0.4) is 0 Å². The number of benzene rings is 1. The molecule has 0 radical (unpaired) electrons. The van der Waals surface area contributed by atoms with Crippen molar-refractivity contribution in [3.05, 3.63) is 39.7 Å². The first-order valence-electron chi connectivity index (χ1n) is 7.53. The van der Waals surface area contributed by atoms with Crippen LogP contribution in [0.15, 0.2) is 17.0 Å². The van der Waals surface area contributed by atoms with Crippen LogP contribution < -0.4 is 4.72 Å². The van der Waals surface area contributed by atoms with E-state index >= 15 is 0 Å². The molecular weight excluding hydrogens is 346 g/mol. The van der Waals surface area contributed by atoms with Gasteiger partial charge in [-0.15, -0.1) is 10.2 Å². The van der Waals surface area contributed by atoms with Gasteiger partial charge in [0.15, 0.2) is 5.82 Å². The molecule has 0 aliphatic carbocycles. The van der Waals surface area contributed by atoms with E-state index in [0.717, 1.165) is 32.5 Å². The van der Waals surface area contributed by atoms with Gasteiger partial charge in [0.25, 0.3) is 0 Å². The number of aromatic nitrogens is 4. The van der Waals surface area contributed by atoms with Gasteiger partial charge < -0.3 is 0 Å². The van der Waals surface area contributed by atoms with Crippen LogP contribution in [-0.4, -0.2) is 34.8 Å². The molecule has 2 aromatic heterocycles. The molecule has 0 spiro atoms. The fraction of sp³-hybridized carbons (Fsp3) is 0.400. The predicted molar refractivity (Wildman–Crippen MR) is 92.9 cm³/mol. The van der Waals surface area contributed by atoms with Crippen LogP contribution in [0.1, 0.15) is 27.5 Å². The van der Waals surface area contributed by atoms with Crippen molar-refractivity contribution >= 4 is 26.3 Å². The Labute approximate surface area is 144 Å². The van der Waals surface area contributed by atoms with Crippen molar-refractivity contribution in [1.82, 2.24) is 24.5 Å². The summed E-state index contributed by atoms with van der Waals surface area (Å²) in [4.78, 5) is 1.08. The van der Waals surface area contributed by atoms with Gasteiger partial charge in [0.2, 0.25) is 15.0 Å². The van der Waals surface area contributed by atoms with Crippen molar-refractivity contribution in [3.63, 3.8) is 0 Å². The summed E-state index contributed by atoms with van der Waals surface area (Å²) in [5, 5.41) is 13.1. The van der Waals surface area contributed by atoms with Crippen molar-refractivity contribution in [2.45, 2.75) is 39.0 Å². The summed E-state index contributed by atoms with van der Waals surface area (Å²) in [6, 6.07) is 3.76. The van der Waals surface area contributed by atoms with Gasteiger partial charge >= 0.3 is 0 Å². The van der Waals surface area contributed by atoms with Gasteiger partial charge in [-0.1, -0.05) is 29.0 Å². The lowest BCUT2D eigenvalue weighted by molar-refractivity contribution is 0.580. The van der Waals surface area contributed by atoms with Crippen LogP contribution in [-0.2, 0) is 16.4 Å². The zero-order chi connectivity index (χ0) is 17.5. The highest BCUT2D eigenvalue weighted by Crippen LogP contribution is 2.21. The van der Waals surface area contributed by atoms with E-state index in [-0.39, 0.29) is 6.54 Å². The SMILES string of the molecule is Cc1cc(C)c(S(=O)(=O)NCCc2nn3c(C)nnc3s2)c(C)c1. The van der Waals surface area contributed by atoms with Crippen LogP contribution in [0, 0.1) is 27.7 Å². The van der Waals surface area contributed by atoms with Gasteiger partial charge in [0.05, 0.1) is 4.90 Å². The first kappa shape index (κ1) is 17.0. The van der Waals surface area contributed by atoms with E-state index in [0.29, 0.717) is 11.3 Å². The van der Waals surface area contributed by atoms with Crippen LogP contribution in [0.2, 0.25) is 0 Å². The lowest BCUT2D eigenvalue weighted by Gasteiger charge is -2.12. The molecule has 2 heterocycles. The molecule has 0 saturated heterocycles. The Kier molecular flexibility index (Phi) is 4.41. The second-order valence-corrected chi connectivity index (χ2v) is 8.56. The Balaban J connectivity index is 1.73. The van der Waals surface area contributed by atoms with Crippen LogP contribution in [0.25, 0.3) is 4.96 Å². The molecule has 1 N–H and O–H groups in total. The number of fused-ring (bicyclic) bond motifs is 1. The molecule has 0 fully saturated rings. The maximum Gasteiger partial charge on any atom is 0.241 e. The molecule has 128 valence electrons. The number of rotatable bonds is 5. The number of nitrogens with one attached hydrogen (secondary N) is 1. The molecule has 24 heavy (non-hydrogen) atoms. The summed E-state index contributed by atoms with van der Waals surface area (Å²) in [5.74, 6) is 0.721. The van der Waals surface area contributed by atoms with Crippen molar-refractivity contribution < 1.29 is 8.42 Å². The van der Waals surface area contributed by atoms with Gasteiger partial charge in [0, 0.05) is 13.0 Å². The third-order valence-corrected chi connectivity index (χ3v) is 6.42. The monoisotopic (exact) mass is 365 g/mol. The zero-order valence-corrected chi connectivity index (χ0v) is 15.6. The minimum absolute atomic E-state index is 0.290. The Morgan fingerprint density at radius 2 is 1.79 bits per heavy atom. The molecule has 0 unspecified atom stereocenters. The highest BCUT2D eigenvalue weighted by Gasteiger charge is 2.19. The number of nitrogens with zero attached hydrogens (tertiary/aromatic N) is 4. The average Bonchev–Trinajstić information content (AvgIpc) is 2.99. The lowest BCUT2D eigenvalue weighted by atomic mass is 10.1. The van der Waals surface area contributed by atoms with Gasteiger partial charge in [-0.05, 0) is 38.8 Å². The van der Waals surface area contributed by atoms with Crippen LogP contribution in [0.4, 0.5) is 0 Å². The van der Waals surface area contributed by atoms with E-state index in [9.17, 15) is 8.42 Å². The lowest BCUT2D eigenvalue weighted by Crippen LogP contribution is -2.27. The molecule has 1 aromatic carbocycles. The largest absolute Gasteiger partial charge is 0.241 e. The van der Waals surface area contributed by atoms with E-state index < -0.39 is 10.0 Å². The molecule has 0 bridgehead atoms. The summed E-state index contributed by atoms with van der Waals surface area (Å²) in [7, 11) is -3.54. The second-order valence-electron chi connectivity index (χ2n) is 5.81. The number of sulfonamides is 1. The summed E-state index contributed by atoms with van der Waals surface area (Å²) >= 11 is 1.42. The quantitative estimate of drug-likeness (QED) is 0.746. The van der Waals surface area contributed by atoms with Crippen molar-refractivity contribution in [2.24, 2.45) is 0 Å². The summed E-state index contributed by atoms with van der Waals surface area (Å²) in [6.07, 6.45) is 0.511. The van der Waals surface area contributed by atoms with Gasteiger partial charge in [-0.25, -0.2) is 13.1 Å². The van der Waals surface area contributed by atoms with E-state index in [4.69, 9.17) is 0 Å². The zero-order valence-electron chi connectivity index (χ0n) is 14.0. The van der Waals surface area contributed by atoms with E-state index in [1.807, 2.05) is 39.8 Å². The number of hydrogen-bond donors (Lipinski definition) is 1. The van der Waals surface area contributed by atoms with Crippen LogP contribution >= 0.6 is 11.3 Å². The number of hydrogen-bond acceptors (Lipinski definition) is 6. The highest BCUT2D eigenvalue weighted by molar-refractivity contribution is 7.89. The Morgan fingerprint density at radius 1 is 1.12 bits per heavy atom. The smallest absolute Gasteiger partial charge is 0.211 e. The molecule has 7 nitrogen and oxygen atoms in total. The topological polar surface area (TPSA) is 89.2 Å². The Bertz CT molecular complexity index is 981. The molecule has 0 saturated carbocycles. The van der Waals surface area contributed by atoms with Crippen molar-refractivity contribution in [3.8, 4) is 0 Å². The average molecular weight is 365 g/mol. The molecule has 3 aromatic rings. The maximum atomic E-state index is 12.6. The molecule has 3 rings (SSSR count). The summed E-state index contributed by atoms with van der Waals surface area (Å²) in [5.41, 5.74) is 2.57. The highest BCUT2D eigenvalue weighted by atomic mass is 32.2. The van der Waals surface area contributed by atoms with Crippen molar-refractivity contribution in [2.75, 3.05) is 6.54 Å². The van der Waals surface area contributed by atoms with Gasteiger partial charge in [-0.3, -0.25) is 0 Å². The van der Waals surface area contributed by atoms with Crippen molar-refractivity contribution in [1.29, 1.82) is 0 Å². The molecule has 0 amide bonds. The molecule has 0 aliphatic rings. The van der Waals surface area contributed by atoms with E-state index in [1.165, 1.54) is 11.3 Å². The maximum absolute atomic E-state index is 12.6. The predicted octanol–water partition coefficient (Wildman–Crippen LogP) is 1.94. The third-order valence-electron chi connectivity index (χ3n) is 3.69. The Hall–Kier alpha value is -1.84. The minimum Gasteiger partial charge on any atom is -0.211 e. The third kappa shape index (κ3) is 3.19. The van der Waals surface area contributed by atoms with Gasteiger partial charge in [-0.2, -0.15) is 9.61 Å². The first-order valence-corrected chi connectivity index (χ1v) is 9.83. The standard InChI is InChI=1S/C15H19N5O2S2/c1-9-7-10(2)14(11(3)8-9)24(21,22)16-6-5-13-19-20-12(4)17-18-15(20)23-13/h7-8,16H,5-6H2,1-4H3. The van der Waals surface area contributed by atoms with E-state index in [2.05, 4.69) is 20.0 Å². The molecule has 0 aliphatic heterocycles. The fourth-order valence-corrected chi connectivity index (χ4v) is 5.17. The molecular formula is C15H19N5O2S2. The van der Waals surface area contributed by atoms with E-state index in [1.54, 1.807) is 4.52 Å². The Morgan fingerprint density at radius 3 is 2.42 bits per heavy atom. The molecule has 9 heteroatoms.